The van der Waals surface area contributed by atoms with E-state index in [0.29, 0.717) is 30.9 Å². The predicted octanol–water partition coefficient (Wildman–Crippen LogP) is 1.10. The molecule has 5 heteroatoms. The summed E-state index contributed by atoms with van der Waals surface area (Å²) in [6, 6.07) is 0. The van der Waals surface area contributed by atoms with Crippen molar-refractivity contribution in [3.8, 4) is 0 Å². The van der Waals surface area contributed by atoms with Crippen LogP contribution in [-0.4, -0.2) is 29.9 Å². The highest BCUT2D eigenvalue weighted by molar-refractivity contribution is 4.97. The molecule has 0 aromatic carbocycles. The summed E-state index contributed by atoms with van der Waals surface area (Å²) in [5.41, 5.74) is 5.56. The summed E-state index contributed by atoms with van der Waals surface area (Å²) in [7, 11) is 0. The van der Waals surface area contributed by atoms with Crippen LogP contribution in [0.15, 0.2) is 4.52 Å². The summed E-state index contributed by atoms with van der Waals surface area (Å²) in [5, 5.41) is 4.02. The molecule has 16 heavy (non-hydrogen) atoms. The zero-order valence-corrected chi connectivity index (χ0v) is 9.69. The molecule has 0 saturated carbocycles. The fourth-order valence-electron chi connectivity index (χ4n) is 1.84. The van der Waals surface area contributed by atoms with E-state index in [4.69, 9.17) is 15.0 Å². The Kier molecular flexibility index (Phi) is 3.90. The highest BCUT2D eigenvalue weighted by Gasteiger charge is 2.21. The minimum absolute atomic E-state index is 0.305. The smallest absolute Gasteiger partial charge is 0.226 e. The predicted molar refractivity (Wildman–Crippen MR) is 59.0 cm³/mol. The molecule has 0 bridgehead atoms. The standard InChI is InChI=1S/C11H19N3O2/c1-8(6-12)5-10-13-11(14-16-10)9-3-2-4-15-7-9/h8-9H,2-7,12H2,1H3. The van der Waals surface area contributed by atoms with E-state index in [9.17, 15) is 0 Å². The molecule has 1 aliphatic rings. The molecule has 0 aliphatic carbocycles. The molecule has 1 aliphatic heterocycles. The van der Waals surface area contributed by atoms with Crippen molar-refractivity contribution in [1.29, 1.82) is 0 Å². The number of ether oxygens (including phenoxy) is 1. The van der Waals surface area contributed by atoms with Gasteiger partial charge in [-0.2, -0.15) is 4.98 Å². The largest absolute Gasteiger partial charge is 0.381 e. The van der Waals surface area contributed by atoms with Crippen molar-refractivity contribution in [3.63, 3.8) is 0 Å². The molecule has 2 atom stereocenters. The maximum atomic E-state index is 5.56. The van der Waals surface area contributed by atoms with Crippen molar-refractivity contribution >= 4 is 0 Å². The lowest BCUT2D eigenvalue weighted by Gasteiger charge is -2.18. The first-order valence-corrected chi connectivity index (χ1v) is 5.90. The maximum Gasteiger partial charge on any atom is 0.226 e. The summed E-state index contributed by atoms with van der Waals surface area (Å²) >= 11 is 0. The van der Waals surface area contributed by atoms with Gasteiger partial charge in [0.1, 0.15) is 0 Å². The SMILES string of the molecule is CC(CN)Cc1nc(C2CCCOC2)no1. The van der Waals surface area contributed by atoms with Crippen molar-refractivity contribution < 1.29 is 9.26 Å². The summed E-state index contributed by atoms with van der Waals surface area (Å²) in [4.78, 5) is 4.41. The van der Waals surface area contributed by atoms with E-state index in [1.165, 1.54) is 0 Å². The number of aromatic nitrogens is 2. The van der Waals surface area contributed by atoms with Gasteiger partial charge in [-0.15, -0.1) is 0 Å². The first-order valence-electron chi connectivity index (χ1n) is 5.90. The van der Waals surface area contributed by atoms with Gasteiger partial charge >= 0.3 is 0 Å². The van der Waals surface area contributed by atoms with Gasteiger partial charge in [0.15, 0.2) is 5.82 Å². The van der Waals surface area contributed by atoms with Crippen LogP contribution in [0, 0.1) is 5.92 Å². The van der Waals surface area contributed by atoms with Crippen LogP contribution in [0.1, 0.15) is 37.4 Å². The van der Waals surface area contributed by atoms with Gasteiger partial charge in [-0.1, -0.05) is 12.1 Å². The van der Waals surface area contributed by atoms with Gasteiger partial charge < -0.3 is 15.0 Å². The van der Waals surface area contributed by atoms with E-state index in [1.54, 1.807) is 0 Å². The minimum atomic E-state index is 0.305. The van der Waals surface area contributed by atoms with Crippen molar-refractivity contribution in [2.45, 2.75) is 32.1 Å². The van der Waals surface area contributed by atoms with Crippen molar-refractivity contribution in [3.05, 3.63) is 11.7 Å². The van der Waals surface area contributed by atoms with Crippen LogP contribution in [0.2, 0.25) is 0 Å². The average Bonchev–Trinajstić information content (AvgIpc) is 2.78. The van der Waals surface area contributed by atoms with Gasteiger partial charge in [0.2, 0.25) is 5.89 Å². The summed E-state index contributed by atoms with van der Waals surface area (Å²) < 4.78 is 10.6. The quantitative estimate of drug-likeness (QED) is 0.830. The fraction of sp³-hybridized carbons (Fsp3) is 0.818. The summed E-state index contributed by atoms with van der Waals surface area (Å²) in [6.07, 6.45) is 2.93. The van der Waals surface area contributed by atoms with Crippen LogP contribution in [0.4, 0.5) is 0 Å². The topological polar surface area (TPSA) is 74.2 Å². The molecule has 1 saturated heterocycles. The molecular weight excluding hydrogens is 206 g/mol. The zero-order valence-electron chi connectivity index (χ0n) is 9.69. The zero-order chi connectivity index (χ0) is 11.4. The molecule has 90 valence electrons. The van der Waals surface area contributed by atoms with E-state index in [1.807, 2.05) is 0 Å². The number of nitrogens with zero attached hydrogens (tertiary/aromatic N) is 2. The average molecular weight is 225 g/mol. The Balaban J connectivity index is 1.95. The third-order valence-electron chi connectivity index (χ3n) is 2.93. The summed E-state index contributed by atoms with van der Waals surface area (Å²) in [5.74, 6) is 2.17. The highest BCUT2D eigenvalue weighted by atomic mass is 16.5. The van der Waals surface area contributed by atoms with Gasteiger partial charge in [-0.25, -0.2) is 0 Å². The molecule has 0 radical (unpaired) electrons. The van der Waals surface area contributed by atoms with Crippen LogP contribution in [0.5, 0.6) is 0 Å². The first kappa shape index (κ1) is 11.5. The lowest BCUT2D eigenvalue weighted by molar-refractivity contribution is 0.0773. The Morgan fingerprint density at radius 2 is 2.44 bits per heavy atom. The summed E-state index contributed by atoms with van der Waals surface area (Å²) in [6.45, 7) is 4.29. The number of hydrogen-bond acceptors (Lipinski definition) is 5. The lowest BCUT2D eigenvalue weighted by Crippen LogP contribution is -2.17. The van der Waals surface area contributed by atoms with Gasteiger partial charge in [0, 0.05) is 18.9 Å². The maximum absolute atomic E-state index is 5.56. The number of rotatable bonds is 4. The molecule has 2 rings (SSSR count). The van der Waals surface area contributed by atoms with Crippen molar-refractivity contribution in [1.82, 2.24) is 10.1 Å². The third-order valence-corrected chi connectivity index (χ3v) is 2.93. The molecule has 0 spiro atoms. The normalized spacial score (nSPS) is 23.2. The molecule has 2 heterocycles. The van der Waals surface area contributed by atoms with E-state index in [0.717, 1.165) is 31.7 Å². The van der Waals surface area contributed by atoms with Crippen molar-refractivity contribution in [2.24, 2.45) is 11.7 Å². The van der Waals surface area contributed by atoms with E-state index in [2.05, 4.69) is 17.1 Å². The molecule has 2 N–H and O–H groups in total. The first-order chi connectivity index (χ1) is 7.79. The van der Waals surface area contributed by atoms with Crippen LogP contribution in [-0.2, 0) is 11.2 Å². The Morgan fingerprint density at radius 3 is 3.12 bits per heavy atom. The fourth-order valence-corrected chi connectivity index (χ4v) is 1.84. The monoisotopic (exact) mass is 225 g/mol. The number of nitrogens with two attached hydrogens (primary N) is 1. The Bertz CT molecular complexity index is 321. The minimum Gasteiger partial charge on any atom is -0.381 e. The Labute approximate surface area is 95.3 Å². The highest BCUT2D eigenvalue weighted by Crippen LogP contribution is 2.23. The lowest BCUT2D eigenvalue weighted by atomic mass is 10.0. The van der Waals surface area contributed by atoms with E-state index in [-0.39, 0.29) is 0 Å². The second-order valence-corrected chi connectivity index (χ2v) is 4.51. The number of hydrogen-bond donors (Lipinski definition) is 1. The van der Waals surface area contributed by atoms with E-state index < -0.39 is 0 Å². The third kappa shape index (κ3) is 2.80. The molecule has 2 unspecified atom stereocenters. The molecular formula is C11H19N3O2. The molecule has 1 aromatic rings. The molecule has 1 aromatic heterocycles. The van der Waals surface area contributed by atoms with Gasteiger partial charge in [-0.3, -0.25) is 0 Å². The van der Waals surface area contributed by atoms with E-state index >= 15 is 0 Å². The van der Waals surface area contributed by atoms with Crippen LogP contribution < -0.4 is 5.73 Å². The van der Waals surface area contributed by atoms with Crippen LogP contribution >= 0.6 is 0 Å². The van der Waals surface area contributed by atoms with Gasteiger partial charge in [-0.05, 0) is 25.3 Å². The second kappa shape index (κ2) is 5.41. The molecule has 0 amide bonds. The van der Waals surface area contributed by atoms with Crippen LogP contribution in [0.3, 0.4) is 0 Å². The Morgan fingerprint density at radius 1 is 1.56 bits per heavy atom. The van der Waals surface area contributed by atoms with Gasteiger partial charge in [0.25, 0.3) is 0 Å². The molecule has 1 fully saturated rings. The second-order valence-electron chi connectivity index (χ2n) is 4.51. The molecule has 5 nitrogen and oxygen atoms in total. The van der Waals surface area contributed by atoms with Gasteiger partial charge in [0.05, 0.1) is 6.61 Å². The van der Waals surface area contributed by atoms with Crippen molar-refractivity contribution in [2.75, 3.05) is 19.8 Å². The Hall–Kier alpha value is -0.940. The van der Waals surface area contributed by atoms with Crippen LogP contribution in [0.25, 0.3) is 0 Å².